The van der Waals surface area contributed by atoms with Crippen molar-refractivity contribution in [3.8, 4) is 0 Å². The lowest BCUT2D eigenvalue weighted by Gasteiger charge is -2.34. The highest BCUT2D eigenvalue weighted by Gasteiger charge is 2.45. The molecule has 5 nitrogen and oxygen atoms in total. The lowest BCUT2D eigenvalue weighted by Crippen LogP contribution is -2.60. The molecular weight excluding hydrogens is 254 g/mol. The largest absolute Gasteiger partial charge is 0.368 e. The Bertz CT molecular complexity index is 389. The summed E-state index contributed by atoms with van der Waals surface area (Å²) in [5.74, 6) is -0.384. The van der Waals surface area contributed by atoms with E-state index in [1.807, 2.05) is 14.0 Å². The van der Waals surface area contributed by atoms with E-state index in [2.05, 4.69) is 10.2 Å². The molecule has 20 heavy (non-hydrogen) atoms. The molecule has 1 aliphatic heterocycles. The van der Waals surface area contributed by atoms with Crippen molar-refractivity contribution in [1.82, 2.24) is 10.2 Å². The van der Waals surface area contributed by atoms with Crippen molar-refractivity contribution in [3.63, 3.8) is 0 Å². The molecule has 2 fully saturated rings. The molecule has 1 saturated heterocycles. The highest BCUT2D eigenvalue weighted by Crippen LogP contribution is 2.32. The van der Waals surface area contributed by atoms with Crippen LogP contribution in [0, 0.1) is 5.41 Å². The third-order valence-electron chi connectivity index (χ3n) is 4.99. The van der Waals surface area contributed by atoms with Gasteiger partial charge in [-0.25, -0.2) is 0 Å². The maximum Gasteiger partial charge on any atom is 0.243 e. The Kier molecular flexibility index (Phi) is 4.37. The number of amides is 2. The van der Waals surface area contributed by atoms with Crippen LogP contribution in [-0.4, -0.2) is 42.4 Å². The second-order valence-corrected chi connectivity index (χ2v) is 6.86. The standard InChI is InChI=1S/C15H27N3O2/c1-14(9-10-18(2)11-14)13(20)17-15(12(16)19)7-5-3-4-6-8-15/h3-11H2,1-2H3,(H2,16,19)(H,17,20)/t14-/m0/s1. The minimum atomic E-state index is -0.822. The third kappa shape index (κ3) is 2.97. The van der Waals surface area contributed by atoms with Gasteiger partial charge in [-0.3, -0.25) is 9.59 Å². The lowest BCUT2D eigenvalue weighted by molar-refractivity contribution is -0.137. The summed E-state index contributed by atoms with van der Waals surface area (Å²) in [4.78, 5) is 26.8. The fourth-order valence-corrected chi connectivity index (χ4v) is 3.51. The van der Waals surface area contributed by atoms with Gasteiger partial charge in [0.25, 0.3) is 0 Å². The number of hydrogen-bond acceptors (Lipinski definition) is 3. The fourth-order valence-electron chi connectivity index (χ4n) is 3.51. The number of primary amides is 1. The predicted octanol–water partition coefficient (Wildman–Crippen LogP) is 1.02. The molecule has 1 atom stereocenters. The van der Waals surface area contributed by atoms with E-state index in [9.17, 15) is 9.59 Å². The van der Waals surface area contributed by atoms with E-state index in [1.165, 1.54) is 0 Å². The molecule has 1 saturated carbocycles. The summed E-state index contributed by atoms with van der Waals surface area (Å²) in [6, 6.07) is 0. The maximum atomic E-state index is 12.7. The minimum absolute atomic E-state index is 0.0115. The van der Waals surface area contributed by atoms with Gasteiger partial charge in [-0.15, -0.1) is 0 Å². The van der Waals surface area contributed by atoms with Gasteiger partial charge in [0.1, 0.15) is 5.54 Å². The first-order valence-corrected chi connectivity index (χ1v) is 7.69. The van der Waals surface area contributed by atoms with E-state index in [0.717, 1.165) is 45.2 Å². The minimum Gasteiger partial charge on any atom is -0.368 e. The average molecular weight is 281 g/mol. The van der Waals surface area contributed by atoms with Gasteiger partial charge in [0.05, 0.1) is 5.41 Å². The van der Waals surface area contributed by atoms with Crippen LogP contribution < -0.4 is 11.1 Å². The number of likely N-dealkylation sites (tertiary alicyclic amines) is 1. The summed E-state index contributed by atoms with van der Waals surface area (Å²) >= 11 is 0. The molecule has 0 unspecified atom stereocenters. The topological polar surface area (TPSA) is 75.4 Å². The van der Waals surface area contributed by atoms with Gasteiger partial charge in [0.15, 0.2) is 0 Å². The molecule has 1 heterocycles. The Labute approximate surface area is 121 Å². The molecule has 2 aliphatic rings. The molecule has 2 amide bonds. The van der Waals surface area contributed by atoms with Gasteiger partial charge in [0, 0.05) is 6.54 Å². The zero-order valence-electron chi connectivity index (χ0n) is 12.7. The highest BCUT2D eigenvalue weighted by atomic mass is 16.2. The molecule has 114 valence electrons. The molecule has 0 aromatic heterocycles. The Hall–Kier alpha value is -1.10. The third-order valence-corrected chi connectivity index (χ3v) is 4.99. The SMILES string of the molecule is CN1CC[C@](C)(C(=O)NC2(C(N)=O)CCCCCC2)C1. The zero-order chi connectivity index (χ0) is 14.8. The van der Waals surface area contributed by atoms with Crippen LogP contribution in [0.4, 0.5) is 0 Å². The van der Waals surface area contributed by atoms with Crippen molar-refractivity contribution in [1.29, 1.82) is 0 Å². The van der Waals surface area contributed by atoms with Crippen LogP contribution in [0.1, 0.15) is 51.9 Å². The number of rotatable bonds is 3. The summed E-state index contributed by atoms with van der Waals surface area (Å²) in [6.07, 6.45) is 6.35. The van der Waals surface area contributed by atoms with Crippen LogP contribution in [-0.2, 0) is 9.59 Å². The van der Waals surface area contributed by atoms with Crippen LogP contribution in [0.2, 0.25) is 0 Å². The van der Waals surface area contributed by atoms with Gasteiger partial charge >= 0.3 is 0 Å². The van der Waals surface area contributed by atoms with Crippen molar-refractivity contribution in [2.75, 3.05) is 20.1 Å². The van der Waals surface area contributed by atoms with Gasteiger partial charge in [0.2, 0.25) is 11.8 Å². The number of nitrogens with zero attached hydrogens (tertiary/aromatic N) is 1. The first-order chi connectivity index (χ1) is 9.38. The number of carbonyl (C=O) groups excluding carboxylic acids is 2. The number of carbonyl (C=O) groups is 2. The summed E-state index contributed by atoms with van der Waals surface area (Å²) in [6.45, 7) is 3.65. The summed E-state index contributed by atoms with van der Waals surface area (Å²) in [7, 11) is 2.02. The molecule has 1 aliphatic carbocycles. The van der Waals surface area contributed by atoms with Crippen molar-refractivity contribution in [2.45, 2.75) is 57.4 Å². The Morgan fingerprint density at radius 2 is 1.70 bits per heavy atom. The molecule has 0 spiro atoms. The van der Waals surface area contributed by atoms with Gasteiger partial charge in [-0.2, -0.15) is 0 Å². The van der Waals surface area contributed by atoms with Crippen LogP contribution in [0.15, 0.2) is 0 Å². The molecule has 0 bridgehead atoms. The van der Waals surface area contributed by atoms with Crippen LogP contribution in [0.5, 0.6) is 0 Å². The Balaban J connectivity index is 2.11. The Morgan fingerprint density at radius 1 is 1.10 bits per heavy atom. The van der Waals surface area contributed by atoms with Crippen molar-refractivity contribution < 1.29 is 9.59 Å². The van der Waals surface area contributed by atoms with Crippen LogP contribution in [0.25, 0.3) is 0 Å². The number of nitrogens with two attached hydrogens (primary N) is 1. The van der Waals surface area contributed by atoms with Gasteiger partial charge < -0.3 is 16.0 Å². The molecule has 0 aromatic carbocycles. The monoisotopic (exact) mass is 281 g/mol. The van der Waals surface area contributed by atoms with E-state index in [1.54, 1.807) is 0 Å². The normalized spacial score (nSPS) is 30.7. The first-order valence-electron chi connectivity index (χ1n) is 7.69. The van der Waals surface area contributed by atoms with Crippen molar-refractivity contribution in [3.05, 3.63) is 0 Å². The molecule has 5 heteroatoms. The van der Waals surface area contributed by atoms with E-state index >= 15 is 0 Å². The maximum absolute atomic E-state index is 12.7. The van der Waals surface area contributed by atoms with Gasteiger partial charge in [-0.05, 0) is 39.8 Å². The molecule has 0 radical (unpaired) electrons. The van der Waals surface area contributed by atoms with E-state index < -0.39 is 11.0 Å². The van der Waals surface area contributed by atoms with E-state index in [0.29, 0.717) is 12.8 Å². The molecule has 2 rings (SSSR count). The summed E-state index contributed by atoms with van der Waals surface area (Å²) < 4.78 is 0. The summed E-state index contributed by atoms with van der Waals surface area (Å²) in [5.41, 5.74) is 4.40. The smallest absolute Gasteiger partial charge is 0.243 e. The van der Waals surface area contributed by atoms with Gasteiger partial charge in [-0.1, -0.05) is 25.7 Å². The van der Waals surface area contributed by atoms with E-state index in [4.69, 9.17) is 5.73 Å². The number of nitrogens with one attached hydrogen (secondary N) is 1. The van der Waals surface area contributed by atoms with Crippen LogP contribution in [0.3, 0.4) is 0 Å². The number of hydrogen-bond donors (Lipinski definition) is 2. The molecule has 3 N–H and O–H groups in total. The zero-order valence-corrected chi connectivity index (χ0v) is 12.7. The first kappa shape index (κ1) is 15.3. The molecule has 0 aromatic rings. The summed E-state index contributed by atoms with van der Waals surface area (Å²) in [5, 5.41) is 3.03. The van der Waals surface area contributed by atoms with E-state index in [-0.39, 0.29) is 11.8 Å². The molecular formula is C15H27N3O2. The highest BCUT2D eigenvalue weighted by molar-refractivity contribution is 5.92. The second-order valence-electron chi connectivity index (χ2n) is 6.86. The quantitative estimate of drug-likeness (QED) is 0.758. The lowest BCUT2D eigenvalue weighted by atomic mass is 9.84. The average Bonchev–Trinajstić information content (AvgIpc) is 2.62. The van der Waals surface area contributed by atoms with Crippen LogP contribution >= 0.6 is 0 Å². The van der Waals surface area contributed by atoms with Crippen molar-refractivity contribution in [2.24, 2.45) is 11.1 Å². The second kappa shape index (κ2) is 5.72. The Morgan fingerprint density at radius 3 is 2.15 bits per heavy atom. The van der Waals surface area contributed by atoms with Crippen molar-refractivity contribution >= 4 is 11.8 Å². The predicted molar refractivity (Wildman–Crippen MR) is 78.0 cm³/mol. The fraction of sp³-hybridized carbons (Fsp3) is 0.867.